The number of nitrogens with zero attached hydrogens (tertiary/aromatic N) is 1. The topological polar surface area (TPSA) is 63.2 Å². The third-order valence-corrected chi connectivity index (χ3v) is 5.40. The van der Waals surface area contributed by atoms with Gasteiger partial charge in [-0.2, -0.15) is 0 Å². The van der Waals surface area contributed by atoms with E-state index in [-0.39, 0.29) is 17.6 Å². The summed E-state index contributed by atoms with van der Waals surface area (Å²) in [4.78, 5) is 16.7. The summed E-state index contributed by atoms with van der Waals surface area (Å²) in [6.07, 6.45) is 0. The fourth-order valence-corrected chi connectivity index (χ4v) is 3.97. The highest BCUT2D eigenvalue weighted by atomic mass is 32.1. The van der Waals surface area contributed by atoms with Crippen molar-refractivity contribution >= 4 is 50.5 Å². The SMILES string of the molecule is Cc1ccc(OCC(=O)NC(=S)Nc2nc(-c3cccc4ccccc34)cs2)cc1. The average molecular weight is 434 g/mol. The number of carbonyl (C=O) groups is 1. The summed E-state index contributed by atoms with van der Waals surface area (Å²) in [6, 6.07) is 21.8. The number of amides is 1. The normalized spacial score (nSPS) is 10.6. The zero-order chi connectivity index (χ0) is 20.9. The predicted octanol–water partition coefficient (Wildman–Crippen LogP) is 5.16. The Labute approximate surface area is 183 Å². The summed E-state index contributed by atoms with van der Waals surface area (Å²) >= 11 is 6.66. The Morgan fingerprint density at radius 3 is 2.67 bits per heavy atom. The van der Waals surface area contributed by atoms with Gasteiger partial charge >= 0.3 is 0 Å². The molecule has 7 heteroatoms. The molecule has 4 aromatic rings. The molecule has 4 rings (SSSR count). The van der Waals surface area contributed by atoms with Crippen LogP contribution in [0.3, 0.4) is 0 Å². The summed E-state index contributed by atoms with van der Waals surface area (Å²) in [6.45, 7) is 1.87. The molecular weight excluding hydrogens is 414 g/mol. The minimum Gasteiger partial charge on any atom is -0.484 e. The molecule has 2 N–H and O–H groups in total. The van der Waals surface area contributed by atoms with Gasteiger partial charge < -0.3 is 10.1 Å². The molecule has 0 aliphatic rings. The van der Waals surface area contributed by atoms with Crippen LogP contribution < -0.4 is 15.4 Å². The van der Waals surface area contributed by atoms with Crippen LogP contribution in [0.1, 0.15) is 5.56 Å². The van der Waals surface area contributed by atoms with Gasteiger partial charge in [0.05, 0.1) is 5.69 Å². The molecule has 1 amide bonds. The van der Waals surface area contributed by atoms with Crippen molar-refractivity contribution in [1.82, 2.24) is 10.3 Å². The van der Waals surface area contributed by atoms with E-state index in [4.69, 9.17) is 17.0 Å². The highest BCUT2D eigenvalue weighted by Crippen LogP contribution is 2.30. The molecule has 0 atom stereocenters. The van der Waals surface area contributed by atoms with E-state index in [2.05, 4.69) is 33.8 Å². The van der Waals surface area contributed by atoms with Crippen molar-refractivity contribution in [2.45, 2.75) is 6.92 Å². The fraction of sp³-hybridized carbons (Fsp3) is 0.0870. The van der Waals surface area contributed by atoms with E-state index in [9.17, 15) is 4.79 Å². The molecule has 5 nitrogen and oxygen atoms in total. The second-order valence-corrected chi connectivity index (χ2v) is 7.93. The molecule has 0 radical (unpaired) electrons. The van der Waals surface area contributed by atoms with Crippen molar-refractivity contribution in [3.8, 4) is 17.0 Å². The lowest BCUT2D eigenvalue weighted by molar-refractivity contribution is -0.121. The van der Waals surface area contributed by atoms with Crippen LogP contribution in [0.5, 0.6) is 5.75 Å². The van der Waals surface area contributed by atoms with Gasteiger partial charge in [0.2, 0.25) is 0 Å². The van der Waals surface area contributed by atoms with Gasteiger partial charge in [0.25, 0.3) is 5.91 Å². The van der Waals surface area contributed by atoms with Gasteiger partial charge in [-0.05, 0) is 42.0 Å². The molecule has 1 heterocycles. The van der Waals surface area contributed by atoms with Gasteiger partial charge in [-0.1, -0.05) is 60.2 Å². The zero-order valence-electron chi connectivity index (χ0n) is 16.2. The molecule has 1 aromatic heterocycles. The third kappa shape index (κ3) is 4.82. The number of thiocarbonyl (C=S) groups is 1. The van der Waals surface area contributed by atoms with Crippen LogP contribution in [0.2, 0.25) is 0 Å². The van der Waals surface area contributed by atoms with Gasteiger partial charge in [0.15, 0.2) is 16.9 Å². The Morgan fingerprint density at radius 1 is 1.07 bits per heavy atom. The largest absolute Gasteiger partial charge is 0.484 e. The van der Waals surface area contributed by atoms with E-state index in [1.54, 1.807) is 0 Å². The van der Waals surface area contributed by atoms with Gasteiger partial charge in [-0.15, -0.1) is 11.3 Å². The summed E-state index contributed by atoms with van der Waals surface area (Å²) in [7, 11) is 0. The van der Waals surface area contributed by atoms with Crippen LogP contribution >= 0.6 is 23.6 Å². The molecular formula is C23H19N3O2S2. The number of nitrogens with one attached hydrogen (secondary N) is 2. The molecule has 0 fully saturated rings. The smallest absolute Gasteiger partial charge is 0.264 e. The number of rotatable bonds is 5. The zero-order valence-corrected chi connectivity index (χ0v) is 17.8. The lowest BCUT2D eigenvalue weighted by Gasteiger charge is -2.09. The highest BCUT2D eigenvalue weighted by Gasteiger charge is 2.11. The van der Waals surface area contributed by atoms with E-state index >= 15 is 0 Å². The van der Waals surface area contributed by atoms with E-state index in [1.807, 2.05) is 60.8 Å². The number of aromatic nitrogens is 1. The van der Waals surface area contributed by atoms with Crippen LogP contribution in [-0.2, 0) is 4.79 Å². The predicted molar refractivity (Wildman–Crippen MR) is 126 cm³/mol. The second-order valence-electron chi connectivity index (χ2n) is 6.67. The maximum Gasteiger partial charge on any atom is 0.264 e. The standard InChI is InChI=1S/C23H19N3O2S2/c1-15-9-11-17(12-10-15)28-13-21(27)25-22(29)26-23-24-20(14-30-23)19-8-4-6-16-5-2-3-7-18(16)19/h2-12,14H,13H2,1H3,(H2,24,25,26,27,29). The Hall–Kier alpha value is -3.29. The summed E-state index contributed by atoms with van der Waals surface area (Å²) < 4.78 is 5.46. The Kier molecular flexibility index (Phi) is 6.02. The number of aryl methyl sites for hydroxylation is 1. The van der Waals surface area contributed by atoms with Crippen LogP contribution in [0.15, 0.2) is 72.1 Å². The maximum absolute atomic E-state index is 12.1. The number of ether oxygens (including phenoxy) is 1. The number of fused-ring (bicyclic) bond motifs is 1. The highest BCUT2D eigenvalue weighted by molar-refractivity contribution is 7.80. The number of anilines is 1. The summed E-state index contributed by atoms with van der Waals surface area (Å²) in [5, 5.41) is 10.6. The van der Waals surface area contributed by atoms with Crippen molar-refractivity contribution in [3.05, 3.63) is 77.7 Å². The molecule has 0 aliphatic heterocycles. The molecule has 0 bridgehead atoms. The van der Waals surface area contributed by atoms with E-state index in [0.29, 0.717) is 10.9 Å². The first kappa shape index (κ1) is 20.0. The molecule has 0 saturated heterocycles. The monoisotopic (exact) mass is 433 g/mol. The molecule has 0 aliphatic carbocycles. The molecule has 3 aromatic carbocycles. The second kappa shape index (κ2) is 9.02. The summed E-state index contributed by atoms with van der Waals surface area (Å²) in [5.41, 5.74) is 3.04. The Morgan fingerprint density at radius 2 is 1.83 bits per heavy atom. The van der Waals surface area contributed by atoms with Gasteiger partial charge in [0.1, 0.15) is 5.75 Å². The van der Waals surface area contributed by atoms with Gasteiger partial charge in [0, 0.05) is 10.9 Å². The third-order valence-electron chi connectivity index (χ3n) is 4.43. The van der Waals surface area contributed by atoms with Gasteiger partial charge in [-0.25, -0.2) is 4.98 Å². The van der Waals surface area contributed by atoms with Crippen molar-refractivity contribution < 1.29 is 9.53 Å². The first-order valence-electron chi connectivity index (χ1n) is 9.32. The number of thiazole rings is 1. The quantitative estimate of drug-likeness (QED) is 0.426. The minimum atomic E-state index is -0.334. The number of hydrogen-bond acceptors (Lipinski definition) is 5. The maximum atomic E-state index is 12.1. The Bertz CT molecular complexity index is 1200. The lowest BCUT2D eigenvalue weighted by atomic mass is 10.0. The van der Waals surface area contributed by atoms with Crippen molar-refractivity contribution in [2.24, 2.45) is 0 Å². The molecule has 0 unspecified atom stereocenters. The van der Waals surface area contributed by atoms with Crippen LogP contribution in [0, 0.1) is 6.92 Å². The van der Waals surface area contributed by atoms with Crippen molar-refractivity contribution in [1.29, 1.82) is 0 Å². The lowest BCUT2D eigenvalue weighted by Crippen LogP contribution is -2.37. The molecule has 0 spiro atoms. The number of carbonyl (C=O) groups excluding carboxylic acids is 1. The first-order chi connectivity index (χ1) is 14.6. The van der Waals surface area contributed by atoms with Crippen molar-refractivity contribution in [3.63, 3.8) is 0 Å². The summed E-state index contributed by atoms with van der Waals surface area (Å²) in [5.74, 6) is 0.299. The van der Waals surface area contributed by atoms with Crippen LogP contribution in [-0.4, -0.2) is 22.6 Å². The first-order valence-corrected chi connectivity index (χ1v) is 10.6. The molecule has 30 heavy (non-hydrogen) atoms. The number of hydrogen-bond donors (Lipinski definition) is 2. The van der Waals surface area contributed by atoms with E-state index in [0.717, 1.165) is 27.6 Å². The number of benzene rings is 3. The molecule has 150 valence electrons. The Balaban J connectivity index is 1.35. The molecule has 0 saturated carbocycles. The van der Waals surface area contributed by atoms with E-state index < -0.39 is 0 Å². The van der Waals surface area contributed by atoms with Gasteiger partial charge in [-0.3, -0.25) is 10.1 Å². The fourth-order valence-electron chi connectivity index (χ4n) is 2.98. The van der Waals surface area contributed by atoms with E-state index in [1.165, 1.54) is 11.3 Å². The van der Waals surface area contributed by atoms with Crippen LogP contribution in [0.4, 0.5) is 5.13 Å². The van der Waals surface area contributed by atoms with Crippen LogP contribution in [0.25, 0.3) is 22.0 Å². The average Bonchev–Trinajstić information content (AvgIpc) is 3.21. The minimum absolute atomic E-state index is 0.121. The van der Waals surface area contributed by atoms with Crippen molar-refractivity contribution in [2.75, 3.05) is 11.9 Å².